The molecule has 0 saturated carbocycles. The average molecular weight is 267 g/mol. The summed E-state index contributed by atoms with van der Waals surface area (Å²) >= 11 is 0. The van der Waals surface area contributed by atoms with Gasteiger partial charge in [-0.1, -0.05) is 5.16 Å². The highest BCUT2D eigenvalue weighted by molar-refractivity contribution is 5.85. The quantitative estimate of drug-likeness (QED) is 0.728. The van der Waals surface area contributed by atoms with Crippen molar-refractivity contribution in [2.45, 2.75) is 25.8 Å². The van der Waals surface area contributed by atoms with E-state index >= 15 is 0 Å². The Bertz CT molecular complexity index is 452. The van der Waals surface area contributed by atoms with E-state index < -0.39 is 5.97 Å². The summed E-state index contributed by atoms with van der Waals surface area (Å²) in [6.07, 6.45) is 2.63. The summed E-state index contributed by atoms with van der Waals surface area (Å²) in [5, 5.41) is 15.1. The lowest BCUT2D eigenvalue weighted by Gasteiger charge is -2.14. The van der Waals surface area contributed by atoms with Crippen molar-refractivity contribution in [2.75, 3.05) is 19.6 Å². The van der Waals surface area contributed by atoms with Gasteiger partial charge in [0.15, 0.2) is 11.5 Å². The maximum Gasteiger partial charge on any atom is 0.358 e. The molecule has 1 aliphatic heterocycles. The van der Waals surface area contributed by atoms with Gasteiger partial charge < -0.3 is 19.8 Å². The zero-order chi connectivity index (χ0) is 13.7. The summed E-state index contributed by atoms with van der Waals surface area (Å²) < 4.78 is 4.84. The highest BCUT2D eigenvalue weighted by Crippen LogP contribution is 2.08. The van der Waals surface area contributed by atoms with Crippen LogP contribution in [0.4, 0.5) is 0 Å². The molecule has 0 spiro atoms. The normalized spacial score (nSPS) is 14.8. The number of aromatic nitrogens is 1. The summed E-state index contributed by atoms with van der Waals surface area (Å²) in [5.74, 6) is -0.501. The van der Waals surface area contributed by atoms with Gasteiger partial charge in [0.2, 0.25) is 5.91 Å². The monoisotopic (exact) mass is 267 g/mol. The molecule has 2 N–H and O–H groups in total. The predicted molar refractivity (Wildman–Crippen MR) is 65.6 cm³/mol. The van der Waals surface area contributed by atoms with Gasteiger partial charge in [0, 0.05) is 32.1 Å². The number of carbonyl (C=O) groups is 2. The Morgan fingerprint density at radius 3 is 2.79 bits per heavy atom. The van der Waals surface area contributed by atoms with Gasteiger partial charge in [-0.3, -0.25) is 4.79 Å². The SMILES string of the molecule is O=C(O)c1cc(CNCCC(=O)N2CCCC2)on1. The molecule has 1 aromatic rings. The van der Waals surface area contributed by atoms with Gasteiger partial charge in [-0.2, -0.15) is 0 Å². The Hall–Kier alpha value is -1.89. The zero-order valence-electron chi connectivity index (χ0n) is 10.6. The largest absolute Gasteiger partial charge is 0.476 e. The van der Waals surface area contributed by atoms with Crippen LogP contribution in [0, 0.1) is 0 Å². The van der Waals surface area contributed by atoms with E-state index in [2.05, 4.69) is 10.5 Å². The number of nitrogens with zero attached hydrogens (tertiary/aromatic N) is 2. The minimum atomic E-state index is -1.11. The van der Waals surface area contributed by atoms with Crippen molar-refractivity contribution in [1.82, 2.24) is 15.4 Å². The molecule has 0 radical (unpaired) electrons. The van der Waals surface area contributed by atoms with Crippen molar-refractivity contribution in [3.63, 3.8) is 0 Å². The summed E-state index contributed by atoms with van der Waals surface area (Å²) in [5.41, 5.74) is -0.107. The molecule has 1 saturated heterocycles. The van der Waals surface area contributed by atoms with Gasteiger partial charge in [-0.25, -0.2) is 4.79 Å². The lowest BCUT2D eigenvalue weighted by atomic mass is 10.3. The second-order valence-corrected chi connectivity index (χ2v) is 4.50. The molecule has 2 rings (SSSR count). The van der Waals surface area contributed by atoms with Crippen molar-refractivity contribution in [3.05, 3.63) is 17.5 Å². The van der Waals surface area contributed by atoms with Gasteiger partial charge in [0.05, 0.1) is 6.54 Å². The van der Waals surface area contributed by atoms with E-state index in [1.807, 2.05) is 4.90 Å². The lowest BCUT2D eigenvalue weighted by molar-refractivity contribution is -0.130. The molecule has 1 aromatic heterocycles. The molecule has 0 atom stereocenters. The van der Waals surface area contributed by atoms with Crippen molar-refractivity contribution in [1.29, 1.82) is 0 Å². The number of amides is 1. The van der Waals surface area contributed by atoms with Crippen LogP contribution in [0.15, 0.2) is 10.6 Å². The van der Waals surface area contributed by atoms with Gasteiger partial charge in [0.1, 0.15) is 0 Å². The van der Waals surface area contributed by atoms with Gasteiger partial charge in [-0.05, 0) is 12.8 Å². The molecule has 0 aliphatic carbocycles. The number of nitrogens with one attached hydrogen (secondary N) is 1. The van der Waals surface area contributed by atoms with Crippen LogP contribution in [0.1, 0.15) is 35.5 Å². The van der Waals surface area contributed by atoms with Crippen LogP contribution in [0.5, 0.6) is 0 Å². The first-order chi connectivity index (χ1) is 9.16. The molecule has 19 heavy (non-hydrogen) atoms. The van der Waals surface area contributed by atoms with Gasteiger partial charge >= 0.3 is 5.97 Å². The number of likely N-dealkylation sites (tertiary alicyclic amines) is 1. The highest BCUT2D eigenvalue weighted by atomic mass is 16.5. The third-order valence-corrected chi connectivity index (χ3v) is 3.05. The van der Waals surface area contributed by atoms with Gasteiger partial charge in [0.25, 0.3) is 0 Å². The first-order valence-corrected chi connectivity index (χ1v) is 6.34. The van der Waals surface area contributed by atoms with Crippen molar-refractivity contribution < 1.29 is 19.2 Å². The number of hydrogen-bond acceptors (Lipinski definition) is 5. The maximum atomic E-state index is 11.7. The molecule has 0 aromatic carbocycles. The molecule has 1 fully saturated rings. The number of hydrogen-bond donors (Lipinski definition) is 2. The number of carboxylic acids is 1. The number of aromatic carboxylic acids is 1. The fraction of sp³-hybridized carbons (Fsp3) is 0.583. The molecule has 104 valence electrons. The molecule has 2 heterocycles. The standard InChI is InChI=1S/C12H17N3O4/c16-11(15-5-1-2-6-15)3-4-13-8-9-7-10(12(17)18)14-19-9/h7,13H,1-6,8H2,(H,17,18). The van der Waals surface area contributed by atoms with Crippen molar-refractivity contribution in [2.24, 2.45) is 0 Å². The van der Waals surface area contributed by atoms with Gasteiger partial charge in [-0.15, -0.1) is 0 Å². The Morgan fingerprint density at radius 2 is 2.16 bits per heavy atom. The smallest absolute Gasteiger partial charge is 0.358 e. The van der Waals surface area contributed by atoms with Crippen LogP contribution in [-0.2, 0) is 11.3 Å². The van der Waals surface area contributed by atoms with E-state index in [-0.39, 0.29) is 11.6 Å². The van der Waals surface area contributed by atoms with Crippen molar-refractivity contribution in [3.8, 4) is 0 Å². The van der Waals surface area contributed by atoms with Crippen LogP contribution in [0.3, 0.4) is 0 Å². The number of rotatable bonds is 6. The highest BCUT2D eigenvalue weighted by Gasteiger charge is 2.17. The number of carboxylic acid groups (broad SMARTS) is 1. The first-order valence-electron chi connectivity index (χ1n) is 6.34. The molecule has 7 nitrogen and oxygen atoms in total. The predicted octanol–water partition coefficient (Wildman–Crippen LogP) is 0.475. The second-order valence-electron chi connectivity index (χ2n) is 4.50. The zero-order valence-corrected chi connectivity index (χ0v) is 10.6. The average Bonchev–Trinajstić information content (AvgIpc) is 3.05. The Morgan fingerprint density at radius 1 is 1.42 bits per heavy atom. The van der Waals surface area contributed by atoms with E-state index in [1.54, 1.807) is 0 Å². The molecule has 1 amide bonds. The minimum Gasteiger partial charge on any atom is -0.476 e. The number of carbonyl (C=O) groups excluding carboxylic acids is 1. The van der Waals surface area contributed by atoms with Crippen LogP contribution >= 0.6 is 0 Å². The topological polar surface area (TPSA) is 95.7 Å². The molecular formula is C12H17N3O4. The maximum absolute atomic E-state index is 11.7. The third-order valence-electron chi connectivity index (χ3n) is 3.05. The fourth-order valence-corrected chi connectivity index (χ4v) is 2.03. The van der Waals surface area contributed by atoms with E-state index in [9.17, 15) is 9.59 Å². The summed E-state index contributed by atoms with van der Waals surface area (Å²) in [6.45, 7) is 2.64. The Labute approximate surface area is 110 Å². The van der Waals surface area contributed by atoms with Crippen LogP contribution in [0.2, 0.25) is 0 Å². The van der Waals surface area contributed by atoms with Crippen LogP contribution in [0.25, 0.3) is 0 Å². The fourth-order valence-electron chi connectivity index (χ4n) is 2.03. The molecule has 7 heteroatoms. The summed E-state index contributed by atoms with van der Waals surface area (Å²) in [4.78, 5) is 24.2. The van der Waals surface area contributed by atoms with E-state index in [0.29, 0.717) is 25.3 Å². The minimum absolute atomic E-state index is 0.107. The third kappa shape index (κ3) is 3.78. The van der Waals surface area contributed by atoms with E-state index in [1.165, 1.54) is 6.07 Å². The van der Waals surface area contributed by atoms with Crippen LogP contribution in [-0.4, -0.2) is 46.7 Å². The molecule has 0 bridgehead atoms. The lowest BCUT2D eigenvalue weighted by Crippen LogP contribution is -2.30. The summed E-state index contributed by atoms with van der Waals surface area (Å²) in [7, 11) is 0. The van der Waals surface area contributed by atoms with Crippen molar-refractivity contribution >= 4 is 11.9 Å². The molecular weight excluding hydrogens is 250 g/mol. The molecule has 1 aliphatic rings. The van der Waals surface area contributed by atoms with E-state index in [4.69, 9.17) is 9.63 Å². The Balaban J connectivity index is 1.65. The van der Waals surface area contributed by atoms with Crippen LogP contribution < -0.4 is 5.32 Å². The second kappa shape index (κ2) is 6.33. The Kier molecular flexibility index (Phi) is 4.51. The first kappa shape index (κ1) is 13.5. The van der Waals surface area contributed by atoms with E-state index in [0.717, 1.165) is 25.9 Å². The molecule has 0 unspecified atom stereocenters. The summed E-state index contributed by atoms with van der Waals surface area (Å²) in [6, 6.07) is 1.37.